The molecule has 17 heavy (non-hydrogen) atoms. The molecule has 0 aliphatic carbocycles. The second kappa shape index (κ2) is 4.26. The van der Waals surface area contributed by atoms with Gasteiger partial charge in [-0.05, 0) is 24.3 Å². The standard InChI is InChI=1S/C15H11NO/c1-2-7-13(8-3-1)16-11-14-10-12-6-4-5-9-15(12)17-14/h1-11H. The predicted octanol–water partition coefficient (Wildman–Crippen LogP) is 4.18. The van der Waals surface area contributed by atoms with Gasteiger partial charge < -0.3 is 4.42 Å². The van der Waals surface area contributed by atoms with Crippen LogP contribution in [0.15, 0.2) is 70.1 Å². The minimum absolute atomic E-state index is 0.773. The number of para-hydroxylation sites is 2. The third-order valence-corrected chi connectivity index (χ3v) is 2.54. The van der Waals surface area contributed by atoms with Gasteiger partial charge in [0.2, 0.25) is 0 Å². The summed E-state index contributed by atoms with van der Waals surface area (Å²) in [5.41, 5.74) is 1.81. The highest BCUT2D eigenvalue weighted by Gasteiger charge is 1.99. The van der Waals surface area contributed by atoms with Crippen LogP contribution in [0.5, 0.6) is 0 Å². The molecule has 1 heterocycles. The van der Waals surface area contributed by atoms with Gasteiger partial charge in [-0.25, -0.2) is 0 Å². The van der Waals surface area contributed by atoms with E-state index >= 15 is 0 Å². The summed E-state index contributed by atoms with van der Waals surface area (Å²) in [7, 11) is 0. The monoisotopic (exact) mass is 221 g/mol. The molecule has 0 unspecified atom stereocenters. The lowest BCUT2D eigenvalue weighted by atomic mass is 10.2. The quantitative estimate of drug-likeness (QED) is 0.596. The van der Waals surface area contributed by atoms with Gasteiger partial charge in [-0.1, -0.05) is 36.4 Å². The number of nitrogens with zero attached hydrogens (tertiary/aromatic N) is 1. The van der Waals surface area contributed by atoms with Crippen molar-refractivity contribution < 1.29 is 4.42 Å². The van der Waals surface area contributed by atoms with E-state index in [0.29, 0.717) is 0 Å². The van der Waals surface area contributed by atoms with Crippen molar-refractivity contribution in [2.24, 2.45) is 4.99 Å². The maximum Gasteiger partial charge on any atom is 0.146 e. The second-order valence-corrected chi connectivity index (χ2v) is 3.78. The molecule has 0 aliphatic heterocycles. The first-order chi connectivity index (χ1) is 8.42. The number of benzene rings is 2. The van der Waals surface area contributed by atoms with Crippen LogP contribution >= 0.6 is 0 Å². The van der Waals surface area contributed by atoms with Crippen molar-refractivity contribution in [1.29, 1.82) is 0 Å². The smallest absolute Gasteiger partial charge is 0.146 e. The average Bonchev–Trinajstić information content (AvgIpc) is 2.80. The topological polar surface area (TPSA) is 25.5 Å². The van der Waals surface area contributed by atoms with Crippen LogP contribution in [-0.4, -0.2) is 6.21 Å². The molecule has 0 fully saturated rings. The molecule has 0 radical (unpaired) electrons. The first kappa shape index (κ1) is 9.85. The van der Waals surface area contributed by atoms with Crippen LogP contribution in [0.2, 0.25) is 0 Å². The third-order valence-electron chi connectivity index (χ3n) is 2.54. The van der Waals surface area contributed by atoms with E-state index in [2.05, 4.69) is 4.99 Å². The van der Waals surface area contributed by atoms with Crippen LogP contribution in [0.4, 0.5) is 5.69 Å². The van der Waals surface area contributed by atoms with Gasteiger partial charge in [0, 0.05) is 5.39 Å². The number of aliphatic imine (C=N–C) groups is 1. The summed E-state index contributed by atoms with van der Waals surface area (Å²) in [5, 5.41) is 1.10. The van der Waals surface area contributed by atoms with Crippen LogP contribution in [0.3, 0.4) is 0 Å². The van der Waals surface area contributed by atoms with Crippen LogP contribution in [0, 0.1) is 0 Å². The van der Waals surface area contributed by atoms with Crippen LogP contribution in [0.1, 0.15) is 5.76 Å². The summed E-state index contributed by atoms with van der Waals surface area (Å²) >= 11 is 0. The molecular formula is C15H11NO. The lowest BCUT2D eigenvalue weighted by Crippen LogP contribution is -1.72. The van der Waals surface area contributed by atoms with Gasteiger partial charge in [-0.15, -0.1) is 0 Å². The second-order valence-electron chi connectivity index (χ2n) is 3.78. The lowest BCUT2D eigenvalue weighted by molar-refractivity contribution is 0.608. The van der Waals surface area contributed by atoms with Gasteiger partial charge in [0.15, 0.2) is 0 Å². The molecule has 0 N–H and O–H groups in total. The minimum Gasteiger partial charge on any atom is -0.455 e. The fourth-order valence-corrected chi connectivity index (χ4v) is 1.72. The summed E-state index contributed by atoms with van der Waals surface area (Å²) in [6, 6.07) is 19.7. The van der Waals surface area contributed by atoms with E-state index in [1.165, 1.54) is 0 Å². The predicted molar refractivity (Wildman–Crippen MR) is 69.9 cm³/mol. The Morgan fingerprint density at radius 2 is 1.65 bits per heavy atom. The molecule has 0 saturated heterocycles. The normalized spacial score (nSPS) is 11.3. The largest absolute Gasteiger partial charge is 0.455 e. The van der Waals surface area contributed by atoms with E-state index in [0.717, 1.165) is 22.4 Å². The zero-order chi connectivity index (χ0) is 11.5. The molecule has 2 heteroatoms. The molecule has 2 aromatic carbocycles. The zero-order valence-electron chi connectivity index (χ0n) is 9.21. The zero-order valence-corrected chi connectivity index (χ0v) is 9.21. The molecule has 2 nitrogen and oxygen atoms in total. The lowest BCUT2D eigenvalue weighted by Gasteiger charge is -1.89. The maximum atomic E-state index is 5.64. The first-order valence-corrected chi connectivity index (χ1v) is 5.49. The van der Waals surface area contributed by atoms with Gasteiger partial charge in [0.25, 0.3) is 0 Å². The minimum atomic E-state index is 0.773. The van der Waals surface area contributed by atoms with Gasteiger partial charge >= 0.3 is 0 Å². The molecule has 82 valence electrons. The summed E-state index contributed by atoms with van der Waals surface area (Å²) < 4.78 is 5.64. The number of rotatable bonds is 2. The molecule has 0 aliphatic rings. The van der Waals surface area contributed by atoms with E-state index in [4.69, 9.17) is 4.42 Å². The van der Waals surface area contributed by atoms with E-state index in [-0.39, 0.29) is 0 Å². The highest BCUT2D eigenvalue weighted by molar-refractivity contribution is 5.87. The summed E-state index contributed by atoms with van der Waals surface area (Å²) in [6.07, 6.45) is 1.75. The summed E-state index contributed by atoms with van der Waals surface area (Å²) in [6.45, 7) is 0. The van der Waals surface area contributed by atoms with Gasteiger partial charge in [-0.3, -0.25) is 4.99 Å². The molecule has 3 rings (SSSR count). The molecule has 1 aromatic heterocycles. The molecule has 0 bridgehead atoms. The molecule has 0 spiro atoms. The maximum absolute atomic E-state index is 5.64. The Hall–Kier alpha value is -2.35. The molecule has 3 aromatic rings. The fourth-order valence-electron chi connectivity index (χ4n) is 1.72. The Labute approximate surface area is 99.2 Å². The SMILES string of the molecule is C(=Nc1ccccc1)c1cc2ccccc2o1. The number of fused-ring (bicyclic) bond motifs is 1. The molecular weight excluding hydrogens is 210 g/mol. The average molecular weight is 221 g/mol. The number of hydrogen-bond donors (Lipinski definition) is 0. The third kappa shape index (κ3) is 2.11. The van der Waals surface area contributed by atoms with Crippen molar-refractivity contribution in [2.75, 3.05) is 0 Å². The Kier molecular flexibility index (Phi) is 2.47. The van der Waals surface area contributed by atoms with E-state index in [9.17, 15) is 0 Å². The van der Waals surface area contributed by atoms with Crippen molar-refractivity contribution in [3.05, 3.63) is 66.4 Å². The van der Waals surface area contributed by atoms with E-state index in [1.807, 2.05) is 60.7 Å². The summed E-state index contributed by atoms with van der Waals surface area (Å²) in [5.74, 6) is 0.773. The van der Waals surface area contributed by atoms with Gasteiger partial charge in [-0.2, -0.15) is 0 Å². The number of hydrogen-bond acceptors (Lipinski definition) is 2. The number of furan rings is 1. The summed E-state index contributed by atoms with van der Waals surface area (Å²) in [4.78, 5) is 4.35. The van der Waals surface area contributed by atoms with Crippen LogP contribution in [-0.2, 0) is 0 Å². The van der Waals surface area contributed by atoms with Crippen molar-refractivity contribution in [2.45, 2.75) is 0 Å². The Morgan fingerprint density at radius 1 is 0.882 bits per heavy atom. The Balaban J connectivity index is 1.92. The van der Waals surface area contributed by atoms with Crippen LogP contribution < -0.4 is 0 Å². The van der Waals surface area contributed by atoms with Crippen molar-refractivity contribution in [3.63, 3.8) is 0 Å². The first-order valence-electron chi connectivity index (χ1n) is 5.49. The molecule has 0 atom stereocenters. The van der Waals surface area contributed by atoms with Gasteiger partial charge in [0.05, 0.1) is 11.9 Å². The van der Waals surface area contributed by atoms with E-state index < -0.39 is 0 Å². The molecule has 0 amide bonds. The Bertz CT molecular complexity index is 620. The Morgan fingerprint density at radius 3 is 2.47 bits per heavy atom. The van der Waals surface area contributed by atoms with Crippen molar-refractivity contribution in [3.8, 4) is 0 Å². The van der Waals surface area contributed by atoms with E-state index in [1.54, 1.807) is 6.21 Å². The highest BCUT2D eigenvalue weighted by Crippen LogP contribution is 2.18. The van der Waals surface area contributed by atoms with Crippen molar-refractivity contribution in [1.82, 2.24) is 0 Å². The highest BCUT2D eigenvalue weighted by atomic mass is 16.3. The van der Waals surface area contributed by atoms with Gasteiger partial charge in [0.1, 0.15) is 11.3 Å². The fraction of sp³-hybridized carbons (Fsp3) is 0. The van der Waals surface area contributed by atoms with Crippen LogP contribution in [0.25, 0.3) is 11.0 Å². The van der Waals surface area contributed by atoms with Crippen molar-refractivity contribution >= 4 is 22.9 Å². The molecule has 0 saturated carbocycles.